The highest BCUT2D eigenvalue weighted by atomic mass is 79.9. The van der Waals surface area contributed by atoms with E-state index in [0.717, 1.165) is 10.4 Å². The number of rotatable bonds is 1. The van der Waals surface area contributed by atoms with Gasteiger partial charge in [0, 0.05) is 28.6 Å². The van der Waals surface area contributed by atoms with Gasteiger partial charge in [-0.2, -0.15) is 0 Å². The van der Waals surface area contributed by atoms with E-state index in [1.165, 1.54) is 42.5 Å². The molecule has 0 aliphatic carbocycles. The predicted octanol–water partition coefficient (Wildman–Crippen LogP) is 3.45. The van der Waals surface area contributed by atoms with Gasteiger partial charge in [-0.3, -0.25) is 4.79 Å². The fourth-order valence-electron chi connectivity index (χ4n) is 3.02. The van der Waals surface area contributed by atoms with Crippen LogP contribution in [-0.2, 0) is 11.8 Å². The van der Waals surface area contributed by atoms with Crippen molar-refractivity contribution in [2.45, 2.75) is 18.8 Å². The second-order valence-corrected chi connectivity index (χ2v) is 6.43. The fourth-order valence-corrected chi connectivity index (χ4v) is 3.37. The Hall–Kier alpha value is -1.33. The molecule has 1 aromatic carbocycles. The molecule has 0 radical (unpaired) electrons. The predicted molar refractivity (Wildman–Crippen MR) is 88.8 cm³/mol. The van der Waals surface area contributed by atoms with E-state index in [1.54, 1.807) is 0 Å². The minimum absolute atomic E-state index is 0.250. The molecule has 114 valence electrons. The number of nitrogens with zero attached hydrogens (tertiary/aromatic N) is 2. The van der Waals surface area contributed by atoms with Crippen LogP contribution < -0.4 is 0 Å². The van der Waals surface area contributed by atoms with Crippen molar-refractivity contribution in [2.24, 2.45) is 7.05 Å². The van der Waals surface area contributed by atoms with Crippen LogP contribution >= 0.6 is 15.9 Å². The lowest BCUT2D eigenvalue weighted by atomic mass is 9.93. The first-order valence-electron chi connectivity index (χ1n) is 7.08. The number of hydrogen-bond acceptors (Lipinski definition) is 2. The molecule has 0 spiro atoms. The number of carboxylic acid groups (broad SMARTS) is 1. The van der Waals surface area contributed by atoms with Crippen molar-refractivity contribution in [1.82, 2.24) is 9.47 Å². The third-order valence-corrected chi connectivity index (χ3v) is 4.67. The molecule has 1 aliphatic rings. The zero-order valence-corrected chi connectivity index (χ0v) is 14.0. The Labute approximate surface area is 133 Å². The maximum Gasteiger partial charge on any atom is 0.290 e. The molecule has 1 saturated heterocycles. The molecule has 0 saturated carbocycles. The van der Waals surface area contributed by atoms with Gasteiger partial charge in [0.15, 0.2) is 0 Å². The number of halogens is 1. The highest BCUT2D eigenvalue weighted by Crippen LogP contribution is 2.32. The summed E-state index contributed by atoms with van der Waals surface area (Å²) in [4.78, 5) is 10.8. The smallest absolute Gasteiger partial charge is 0.290 e. The van der Waals surface area contributed by atoms with E-state index in [2.05, 4.69) is 63.8 Å². The van der Waals surface area contributed by atoms with Crippen molar-refractivity contribution in [1.29, 1.82) is 0 Å². The molecule has 0 atom stereocenters. The average molecular weight is 353 g/mol. The summed E-state index contributed by atoms with van der Waals surface area (Å²) in [5.41, 5.74) is 2.83. The van der Waals surface area contributed by atoms with Crippen LogP contribution in [0.4, 0.5) is 0 Å². The molecule has 1 aromatic heterocycles. The number of aryl methyl sites for hydroxylation is 1. The first-order valence-corrected chi connectivity index (χ1v) is 7.87. The summed E-state index contributed by atoms with van der Waals surface area (Å²) in [6, 6.07) is 8.92. The Morgan fingerprint density at radius 2 is 1.86 bits per heavy atom. The molecule has 1 N–H and O–H groups in total. The van der Waals surface area contributed by atoms with Gasteiger partial charge in [0.05, 0.1) is 0 Å². The molecule has 0 amide bonds. The van der Waals surface area contributed by atoms with Crippen LogP contribution in [0.3, 0.4) is 0 Å². The molecule has 1 aliphatic heterocycles. The van der Waals surface area contributed by atoms with Gasteiger partial charge in [0.1, 0.15) is 0 Å². The van der Waals surface area contributed by atoms with Crippen LogP contribution in [0.25, 0.3) is 10.9 Å². The Balaban J connectivity index is 0.000000497. The van der Waals surface area contributed by atoms with Gasteiger partial charge in [0.25, 0.3) is 6.47 Å². The van der Waals surface area contributed by atoms with Gasteiger partial charge >= 0.3 is 0 Å². The summed E-state index contributed by atoms with van der Waals surface area (Å²) < 4.78 is 3.53. The number of hydrogen-bond donors (Lipinski definition) is 1. The second kappa shape index (κ2) is 7.09. The van der Waals surface area contributed by atoms with Gasteiger partial charge in [-0.1, -0.05) is 22.0 Å². The lowest BCUT2D eigenvalue weighted by Crippen LogP contribution is -2.29. The second-order valence-electron chi connectivity index (χ2n) is 5.51. The van der Waals surface area contributed by atoms with Gasteiger partial charge in [-0.15, -0.1) is 0 Å². The van der Waals surface area contributed by atoms with E-state index in [9.17, 15) is 0 Å². The zero-order chi connectivity index (χ0) is 15.4. The summed E-state index contributed by atoms with van der Waals surface area (Å²) >= 11 is 3.56. The quantitative estimate of drug-likeness (QED) is 0.799. The SMILES string of the molecule is CN1CCC(c2cc3ccc(Br)cc3n2C)CC1.O=CO. The number of carbonyl (C=O) groups is 1. The summed E-state index contributed by atoms with van der Waals surface area (Å²) in [5.74, 6) is 0.720. The molecule has 0 unspecified atom stereocenters. The maximum absolute atomic E-state index is 8.36. The van der Waals surface area contributed by atoms with Gasteiger partial charge in [0.2, 0.25) is 0 Å². The Morgan fingerprint density at radius 1 is 1.24 bits per heavy atom. The van der Waals surface area contributed by atoms with E-state index in [0.29, 0.717) is 0 Å². The van der Waals surface area contributed by atoms with Crippen molar-refractivity contribution in [3.05, 3.63) is 34.4 Å². The zero-order valence-electron chi connectivity index (χ0n) is 12.4. The molecule has 4 nitrogen and oxygen atoms in total. The van der Waals surface area contributed by atoms with Crippen molar-refractivity contribution in [2.75, 3.05) is 20.1 Å². The number of aromatic nitrogens is 1. The average Bonchev–Trinajstić information content (AvgIpc) is 2.78. The molecule has 0 bridgehead atoms. The highest BCUT2D eigenvalue weighted by molar-refractivity contribution is 9.10. The van der Waals surface area contributed by atoms with Crippen LogP contribution in [0.1, 0.15) is 24.5 Å². The van der Waals surface area contributed by atoms with Crippen molar-refractivity contribution in [3.8, 4) is 0 Å². The summed E-state index contributed by atoms with van der Waals surface area (Å²) in [5, 5.41) is 8.25. The largest absolute Gasteiger partial charge is 0.483 e. The van der Waals surface area contributed by atoms with E-state index in [1.807, 2.05) is 0 Å². The Kier molecular flexibility index (Phi) is 5.42. The summed E-state index contributed by atoms with van der Waals surface area (Å²) in [6.45, 7) is 2.19. The van der Waals surface area contributed by atoms with E-state index >= 15 is 0 Å². The lowest BCUT2D eigenvalue weighted by Gasteiger charge is -2.29. The van der Waals surface area contributed by atoms with Crippen LogP contribution in [-0.4, -0.2) is 41.2 Å². The Morgan fingerprint density at radius 3 is 2.48 bits per heavy atom. The molecule has 2 aromatic rings. The topological polar surface area (TPSA) is 45.5 Å². The summed E-state index contributed by atoms with van der Waals surface area (Å²) in [7, 11) is 4.41. The molecular weight excluding hydrogens is 332 g/mol. The number of piperidine rings is 1. The molecule has 2 heterocycles. The minimum atomic E-state index is -0.250. The van der Waals surface area contributed by atoms with Crippen LogP contribution in [0, 0.1) is 0 Å². The van der Waals surface area contributed by atoms with Crippen molar-refractivity contribution in [3.63, 3.8) is 0 Å². The molecule has 5 heteroatoms. The van der Waals surface area contributed by atoms with Crippen LogP contribution in [0.15, 0.2) is 28.7 Å². The number of fused-ring (bicyclic) bond motifs is 1. The first kappa shape index (κ1) is 16.0. The molecular formula is C16H21BrN2O2. The number of likely N-dealkylation sites (tertiary alicyclic amines) is 1. The van der Waals surface area contributed by atoms with E-state index in [4.69, 9.17) is 9.90 Å². The summed E-state index contributed by atoms with van der Waals surface area (Å²) in [6.07, 6.45) is 2.56. The molecule has 21 heavy (non-hydrogen) atoms. The van der Waals surface area contributed by atoms with Gasteiger partial charge < -0.3 is 14.6 Å². The lowest BCUT2D eigenvalue weighted by molar-refractivity contribution is -0.122. The Bertz CT molecular complexity index is 616. The van der Waals surface area contributed by atoms with Gasteiger partial charge in [-0.05, 0) is 56.6 Å². The van der Waals surface area contributed by atoms with Crippen LogP contribution in [0.2, 0.25) is 0 Å². The van der Waals surface area contributed by atoms with Crippen molar-refractivity contribution < 1.29 is 9.90 Å². The highest BCUT2D eigenvalue weighted by Gasteiger charge is 2.21. The first-order chi connectivity index (χ1) is 10.1. The fraction of sp³-hybridized carbons (Fsp3) is 0.438. The molecule has 1 fully saturated rings. The van der Waals surface area contributed by atoms with Crippen LogP contribution in [0.5, 0.6) is 0 Å². The maximum atomic E-state index is 8.36. The third kappa shape index (κ3) is 3.66. The normalized spacial score (nSPS) is 16.5. The number of benzene rings is 1. The molecule has 3 rings (SSSR count). The monoisotopic (exact) mass is 352 g/mol. The standard InChI is InChI=1S/C15H19BrN2.CH2O2/c1-17-7-5-11(6-8-17)14-9-12-3-4-13(16)10-15(12)18(14)2;2-1-3/h3-4,9-11H,5-8H2,1-2H3;1H,(H,2,3). The van der Waals surface area contributed by atoms with E-state index in [-0.39, 0.29) is 6.47 Å². The van der Waals surface area contributed by atoms with Gasteiger partial charge in [-0.25, -0.2) is 0 Å². The third-order valence-electron chi connectivity index (χ3n) is 4.18. The minimum Gasteiger partial charge on any atom is -0.483 e. The van der Waals surface area contributed by atoms with E-state index < -0.39 is 0 Å². The van der Waals surface area contributed by atoms with Crippen molar-refractivity contribution >= 4 is 33.3 Å².